The molecule has 0 bridgehead atoms. The normalized spacial score (nSPS) is 17.9. The monoisotopic (exact) mass is 996 g/mol. The van der Waals surface area contributed by atoms with Crippen molar-refractivity contribution in [2.75, 3.05) is 39.3 Å². The second-order valence-electron chi connectivity index (χ2n) is 14.1. The van der Waals surface area contributed by atoms with E-state index in [-0.39, 0.29) is 76.3 Å². The second-order valence-corrected chi connectivity index (χ2v) is 16.1. The third-order valence-electron chi connectivity index (χ3n) is 10.3. The van der Waals surface area contributed by atoms with Crippen molar-refractivity contribution in [3.8, 4) is 11.5 Å². The van der Waals surface area contributed by atoms with Crippen molar-refractivity contribution >= 4 is 78.8 Å². The Labute approximate surface area is 402 Å². The number of carbonyl (C=O) groups is 2. The first-order chi connectivity index (χ1) is 31.5. The Morgan fingerprint density at radius 3 is 1.76 bits per heavy atom. The number of methoxy groups -OCH3 is 2. The van der Waals surface area contributed by atoms with Gasteiger partial charge in [0.25, 0.3) is 0 Å². The summed E-state index contributed by atoms with van der Waals surface area (Å²) in [5.74, 6) is 0.484. The van der Waals surface area contributed by atoms with E-state index < -0.39 is 9.85 Å². The Morgan fingerprint density at radius 1 is 0.791 bits per heavy atom. The Morgan fingerprint density at radius 2 is 1.33 bits per heavy atom. The van der Waals surface area contributed by atoms with E-state index in [0.29, 0.717) is 0 Å². The van der Waals surface area contributed by atoms with E-state index in [4.69, 9.17) is 9.47 Å². The number of allylic oxidation sites excluding steroid dienone is 7. The van der Waals surface area contributed by atoms with Gasteiger partial charge in [-0.15, -0.1) is 0 Å². The number of anilines is 1. The number of hydrogen-bond donors (Lipinski definition) is 2. The molecule has 67 heavy (non-hydrogen) atoms. The summed E-state index contributed by atoms with van der Waals surface area (Å²) in [5.41, 5.74) is 6.23. The van der Waals surface area contributed by atoms with Gasteiger partial charge in [-0.05, 0) is 81.8 Å². The van der Waals surface area contributed by atoms with Gasteiger partial charge in [0, 0.05) is 99.0 Å². The van der Waals surface area contributed by atoms with Gasteiger partial charge in [0.05, 0.1) is 29.5 Å². The van der Waals surface area contributed by atoms with Crippen LogP contribution in [0.15, 0.2) is 123 Å². The molecule has 1 unspecified atom stereocenters. The maximum Gasteiger partial charge on any atom is 0.319 e. The molecule has 0 saturated carbocycles. The number of aliphatic hydroxyl groups is 2. The molecule has 23 heteroatoms. The molecule has 0 amide bonds. The standard InChI is InChI=1S/C26H35N2O2.2C9H6N4O4S.Co/c1-8-26(4)22-18-21(29-6)14-15-23(22)27(5)25(26)16-12-19-11-13-20(17-24(19)30-7)28(9-2)10-3;2*14-5-1-2-6(7(15)3-5)11-12-9-10-4-8(18-9)13(16)17;/h11-18H,8-10H2,1-7H3;2*1-4H,(H2,10,12,14,15);/q+1;;;/p-2. The van der Waals surface area contributed by atoms with E-state index in [0.717, 1.165) is 83.8 Å². The van der Waals surface area contributed by atoms with Crippen molar-refractivity contribution in [3.63, 3.8) is 0 Å². The zero-order valence-electron chi connectivity index (χ0n) is 37.1. The van der Waals surface area contributed by atoms with Gasteiger partial charge < -0.3 is 44.8 Å². The average molecular weight is 997 g/mol. The topological polar surface area (TPSA) is 263 Å². The van der Waals surface area contributed by atoms with Crippen LogP contribution in [0.2, 0.25) is 0 Å². The van der Waals surface area contributed by atoms with Gasteiger partial charge in [0.1, 0.15) is 41.5 Å². The van der Waals surface area contributed by atoms with Crippen LogP contribution in [0.25, 0.3) is 6.08 Å². The van der Waals surface area contributed by atoms with Crippen molar-refractivity contribution in [3.05, 3.63) is 144 Å². The van der Waals surface area contributed by atoms with E-state index in [2.05, 4.69) is 117 Å². The third-order valence-corrected chi connectivity index (χ3v) is 11.9. The summed E-state index contributed by atoms with van der Waals surface area (Å²) >= 11 is 1.51. The van der Waals surface area contributed by atoms with Crippen LogP contribution in [-0.4, -0.2) is 87.7 Å². The van der Waals surface area contributed by atoms with Gasteiger partial charge in [-0.25, -0.2) is 0 Å². The van der Waals surface area contributed by atoms with Crippen LogP contribution < -0.4 is 33.9 Å². The van der Waals surface area contributed by atoms with E-state index in [1.807, 2.05) is 6.07 Å². The first-order valence-corrected chi connectivity index (χ1v) is 21.6. The number of ether oxygens (including phenoxy) is 2. The predicted molar refractivity (Wildman–Crippen MR) is 251 cm³/mol. The third kappa shape index (κ3) is 12.9. The summed E-state index contributed by atoms with van der Waals surface area (Å²) in [6, 6.07) is 12.8. The molecule has 2 aliphatic carbocycles. The van der Waals surface area contributed by atoms with Gasteiger partial charge in [-0.1, -0.05) is 29.6 Å². The number of fused-ring (bicyclic) bond motifs is 1. The molecular formula is C44H45CoN10O10S2-. The van der Waals surface area contributed by atoms with Crippen LogP contribution in [0.4, 0.5) is 21.4 Å². The van der Waals surface area contributed by atoms with Crippen LogP contribution in [0.3, 0.4) is 0 Å². The first-order valence-electron chi connectivity index (χ1n) is 20.0. The number of carbonyl (C=O) groups excluding carboxylic acids is 2. The summed E-state index contributed by atoms with van der Waals surface area (Å²) < 4.78 is 13.5. The number of hydrogen-bond acceptors (Lipinski definition) is 17. The number of nitrogens with zero attached hydrogens (tertiary/aromatic N) is 10. The van der Waals surface area contributed by atoms with Crippen molar-refractivity contribution < 1.29 is 60.5 Å². The van der Waals surface area contributed by atoms with Crippen molar-refractivity contribution in [1.82, 2.24) is 9.97 Å². The molecule has 1 aliphatic heterocycles. The molecule has 1 radical (unpaired) electrons. The fraction of sp³-hybridized carbons (Fsp3) is 0.250. The molecule has 7 rings (SSSR count). The molecule has 3 heterocycles. The SMILES string of the molecule is CCN(CC)c1ccc(/C=C/C2=[N+](C)c3ccc(OC)cc3C2(C)CC)c(OC)c1.O=C1C=CC(=NN=c2[n-]cc([N+](=O)[O-])s2)C(O)=C1.O=C1C=CC(=NN=c2[n-]cc([N+](=O)[O-])s2)C(O)=C1.[Co]. The van der Waals surface area contributed by atoms with Crippen LogP contribution in [0.1, 0.15) is 45.2 Å². The zero-order valence-corrected chi connectivity index (χ0v) is 39.8. The van der Waals surface area contributed by atoms with Crippen LogP contribution in [-0.2, 0) is 31.8 Å². The van der Waals surface area contributed by atoms with Crippen LogP contribution in [0.5, 0.6) is 11.5 Å². The Balaban J connectivity index is 0.000000230. The maximum absolute atomic E-state index is 10.9. The van der Waals surface area contributed by atoms with Crippen LogP contribution >= 0.6 is 22.7 Å². The summed E-state index contributed by atoms with van der Waals surface area (Å²) in [6.07, 6.45) is 14.6. The van der Waals surface area contributed by atoms with Gasteiger partial charge in [-0.3, -0.25) is 40.0 Å². The number of aromatic nitrogens is 2. The Hall–Kier alpha value is -7.34. The smallest absolute Gasteiger partial charge is 0.319 e. The average Bonchev–Trinajstić information content (AvgIpc) is 4.04. The molecule has 2 aromatic carbocycles. The number of aliphatic hydroxyl groups excluding tert-OH is 2. The van der Waals surface area contributed by atoms with Gasteiger partial charge in [0.2, 0.25) is 5.69 Å². The number of thiazole rings is 2. The summed E-state index contributed by atoms with van der Waals surface area (Å²) in [7, 11) is 5.61. The molecule has 0 saturated heterocycles. The molecule has 4 aromatic rings. The zero-order chi connectivity index (χ0) is 48.1. The minimum absolute atomic E-state index is 0. The molecule has 353 valence electrons. The van der Waals surface area contributed by atoms with Gasteiger partial charge in [0.15, 0.2) is 17.3 Å². The second kappa shape index (κ2) is 23.7. The van der Waals surface area contributed by atoms with Crippen molar-refractivity contribution in [1.29, 1.82) is 0 Å². The molecule has 0 fully saturated rings. The largest absolute Gasteiger partial charge is 0.506 e. The predicted octanol–water partition coefficient (Wildman–Crippen LogP) is 6.56. The van der Waals surface area contributed by atoms with Gasteiger partial charge in [-0.2, -0.15) is 4.58 Å². The van der Waals surface area contributed by atoms with Crippen molar-refractivity contribution in [2.45, 2.75) is 39.5 Å². The summed E-state index contributed by atoms with van der Waals surface area (Å²) in [5, 5.41) is 53.9. The van der Waals surface area contributed by atoms with Gasteiger partial charge >= 0.3 is 10.0 Å². The first kappa shape index (κ1) is 52.3. The van der Waals surface area contributed by atoms with Crippen LogP contribution in [0, 0.1) is 20.2 Å². The molecule has 1 atom stereocenters. The number of nitro groups is 2. The summed E-state index contributed by atoms with van der Waals surface area (Å²) in [6.45, 7) is 10.9. The quantitative estimate of drug-likeness (QED) is 0.0660. The number of ketones is 2. The molecular weight excluding hydrogens is 952 g/mol. The van der Waals surface area contributed by atoms with E-state index >= 15 is 0 Å². The fourth-order valence-corrected chi connectivity index (χ4v) is 7.73. The fourth-order valence-electron chi connectivity index (χ4n) is 6.62. The molecule has 3 aliphatic rings. The Kier molecular flexibility index (Phi) is 18.5. The minimum Gasteiger partial charge on any atom is -0.506 e. The minimum atomic E-state index is -0.583. The van der Waals surface area contributed by atoms with E-state index in [9.17, 15) is 40.0 Å². The van der Waals surface area contributed by atoms with Crippen molar-refractivity contribution in [2.24, 2.45) is 20.4 Å². The van der Waals surface area contributed by atoms with E-state index in [1.54, 1.807) is 14.2 Å². The maximum atomic E-state index is 10.9. The molecule has 2 aromatic heterocycles. The molecule has 2 N–H and O–H groups in total. The number of rotatable bonds is 12. The molecule has 20 nitrogen and oxygen atoms in total. The number of benzene rings is 2. The summed E-state index contributed by atoms with van der Waals surface area (Å²) in [4.78, 5) is 51.3. The Bertz CT molecular complexity index is 2810. The molecule has 0 spiro atoms. The van der Waals surface area contributed by atoms with E-state index in [1.165, 1.54) is 47.0 Å².